The average Bonchev–Trinajstić information content (AvgIpc) is 3.03. The summed E-state index contributed by atoms with van der Waals surface area (Å²) in [5.74, 6) is 0.207. The summed E-state index contributed by atoms with van der Waals surface area (Å²) in [6.07, 6.45) is 3.88. The van der Waals surface area contributed by atoms with Gasteiger partial charge in [0, 0.05) is 28.3 Å². The van der Waals surface area contributed by atoms with Crippen molar-refractivity contribution in [3.63, 3.8) is 0 Å². The van der Waals surface area contributed by atoms with Crippen LogP contribution in [0, 0.1) is 6.92 Å². The van der Waals surface area contributed by atoms with Crippen molar-refractivity contribution in [2.24, 2.45) is 0 Å². The fourth-order valence-corrected chi connectivity index (χ4v) is 2.79. The van der Waals surface area contributed by atoms with Gasteiger partial charge in [-0.05, 0) is 51.8 Å². The van der Waals surface area contributed by atoms with Crippen LogP contribution >= 0.6 is 11.3 Å². The monoisotopic (exact) mass is 266 g/mol. The molecule has 1 heterocycles. The van der Waals surface area contributed by atoms with Gasteiger partial charge in [-0.15, -0.1) is 11.3 Å². The topological polar surface area (TPSA) is 41.1 Å². The second-order valence-electron chi connectivity index (χ2n) is 5.07. The van der Waals surface area contributed by atoms with E-state index >= 15 is 0 Å². The SMILES string of the molecule is Cc1ccc(C(C)NCCCC(=O)NC2CC2)s1. The summed E-state index contributed by atoms with van der Waals surface area (Å²) >= 11 is 1.84. The number of hydrogen-bond acceptors (Lipinski definition) is 3. The van der Waals surface area contributed by atoms with Crippen molar-refractivity contribution in [3.8, 4) is 0 Å². The summed E-state index contributed by atoms with van der Waals surface area (Å²) in [7, 11) is 0. The Morgan fingerprint density at radius 2 is 2.28 bits per heavy atom. The fraction of sp³-hybridized carbons (Fsp3) is 0.643. The molecule has 0 aromatic carbocycles. The highest BCUT2D eigenvalue weighted by atomic mass is 32.1. The number of aryl methyl sites for hydroxylation is 1. The Morgan fingerprint density at radius 1 is 1.50 bits per heavy atom. The fourth-order valence-electron chi connectivity index (χ4n) is 1.88. The van der Waals surface area contributed by atoms with Gasteiger partial charge in [-0.25, -0.2) is 0 Å². The van der Waals surface area contributed by atoms with Crippen molar-refractivity contribution >= 4 is 17.2 Å². The second-order valence-corrected chi connectivity index (χ2v) is 6.39. The van der Waals surface area contributed by atoms with E-state index in [1.54, 1.807) is 0 Å². The predicted octanol–water partition coefficient (Wildman–Crippen LogP) is 2.77. The van der Waals surface area contributed by atoms with Gasteiger partial charge >= 0.3 is 0 Å². The number of amides is 1. The Kier molecular flexibility index (Phi) is 4.78. The van der Waals surface area contributed by atoms with Crippen molar-refractivity contribution in [2.45, 2.75) is 51.6 Å². The van der Waals surface area contributed by atoms with E-state index in [0.29, 0.717) is 18.5 Å². The summed E-state index contributed by atoms with van der Waals surface area (Å²) in [6, 6.07) is 5.20. The molecule has 1 saturated carbocycles. The van der Waals surface area contributed by atoms with Crippen LogP contribution in [-0.4, -0.2) is 18.5 Å². The molecule has 1 aliphatic carbocycles. The normalized spacial score (nSPS) is 16.6. The number of carbonyl (C=O) groups excluding carboxylic acids is 1. The Labute approximate surface area is 113 Å². The molecule has 0 radical (unpaired) electrons. The predicted molar refractivity (Wildman–Crippen MR) is 75.9 cm³/mol. The van der Waals surface area contributed by atoms with Gasteiger partial charge < -0.3 is 10.6 Å². The van der Waals surface area contributed by atoms with Gasteiger partial charge in [0.15, 0.2) is 0 Å². The molecule has 0 saturated heterocycles. The molecule has 0 aliphatic heterocycles. The third kappa shape index (κ3) is 4.42. The van der Waals surface area contributed by atoms with Crippen LogP contribution in [0.15, 0.2) is 12.1 Å². The molecule has 1 fully saturated rings. The van der Waals surface area contributed by atoms with Gasteiger partial charge in [0.1, 0.15) is 0 Å². The number of hydrogen-bond donors (Lipinski definition) is 2. The van der Waals surface area contributed by atoms with Gasteiger partial charge in [-0.3, -0.25) is 4.79 Å². The van der Waals surface area contributed by atoms with Crippen molar-refractivity contribution in [1.82, 2.24) is 10.6 Å². The maximum Gasteiger partial charge on any atom is 0.220 e. The second kappa shape index (κ2) is 6.34. The molecule has 100 valence electrons. The molecule has 4 heteroatoms. The van der Waals surface area contributed by atoms with E-state index in [1.807, 2.05) is 11.3 Å². The quantitative estimate of drug-likeness (QED) is 0.745. The van der Waals surface area contributed by atoms with Crippen LogP contribution < -0.4 is 10.6 Å². The van der Waals surface area contributed by atoms with E-state index in [4.69, 9.17) is 0 Å². The third-order valence-electron chi connectivity index (χ3n) is 3.16. The Morgan fingerprint density at radius 3 is 2.89 bits per heavy atom. The van der Waals surface area contributed by atoms with Crippen molar-refractivity contribution in [2.75, 3.05) is 6.54 Å². The van der Waals surface area contributed by atoms with Crippen LogP contribution in [-0.2, 0) is 4.79 Å². The average molecular weight is 266 g/mol. The molecular formula is C14H22N2OS. The molecule has 2 N–H and O–H groups in total. The first-order chi connectivity index (χ1) is 8.65. The van der Waals surface area contributed by atoms with Crippen LogP contribution in [0.2, 0.25) is 0 Å². The largest absolute Gasteiger partial charge is 0.353 e. The van der Waals surface area contributed by atoms with E-state index in [0.717, 1.165) is 13.0 Å². The minimum atomic E-state index is 0.207. The zero-order valence-corrected chi connectivity index (χ0v) is 12.0. The molecule has 1 aromatic heterocycles. The lowest BCUT2D eigenvalue weighted by Gasteiger charge is -2.11. The molecule has 0 spiro atoms. The first-order valence-corrected chi connectivity index (χ1v) is 7.56. The van der Waals surface area contributed by atoms with Crippen molar-refractivity contribution < 1.29 is 4.79 Å². The Bertz CT molecular complexity index is 398. The number of thiophene rings is 1. The van der Waals surface area contributed by atoms with E-state index < -0.39 is 0 Å². The van der Waals surface area contributed by atoms with Gasteiger partial charge in [0.05, 0.1) is 0 Å². The lowest BCUT2D eigenvalue weighted by Crippen LogP contribution is -2.26. The maximum absolute atomic E-state index is 11.5. The highest BCUT2D eigenvalue weighted by Crippen LogP contribution is 2.22. The van der Waals surface area contributed by atoms with E-state index in [1.165, 1.54) is 22.6 Å². The van der Waals surface area contributed by atoms with Crippen LogP contribution in [0.4, 0.5) is 0 Å². The molecule has 18 heavy (non-hydrogen) atoms. The molecule has 1 unspecified atom stereocenters. The smallest absolute Gasteiger partial charge is 0.220 e. The first kappa shape index (κ1) is 13.6. The Balaban J connectivity index is 1.58. The minimum absolute atomic E-state index is 0.207. The van der Waals surface area contributed by atoms with Gasteiger partial charge in [-0.2, -0.15) is 0 Å². The zero-order chi connectivity index (χ0) is 13.0. The van der Waals surface area contributed by atoms with Crippen LogP contribution in [0.1, 0.15) is 48.4 Å². The molecular weight excluding hydrogens is 244 g/mol. The molecule has 0 bridgehead atoms. The number of nitrogens with one attached hydrogen (secondary N) is 2. The molecule has 2 rings (SSSR count). The summed E-state index contributed by atoms with van der Waals surface area (Å²) in [5.41, 5.74) is 0. The summed E-state index contributed by atoms with van der Waals surface area (Å²) < 4.78 is 0. The molecule has 1 amide bonds. The molecule has 1 aromatic rings. The van der Waals surface area contributed by atoms with Gasteiger partial charge in [0.25, 0.3) is 0 Å². The molecule has 1 aliphatic rings. The van der Waals surface area contributed by atoms with E-state index in [2.05, 4.69) is 36.6 Å². The maximum atomic E-state index is 11.5. The standard InChI is InChI=1S/C14H22N2OS/c1-10-5-8-13(18-10)11(2)15-9-3-4-14(17)16-12-6-7-12/h5,8,11-12,15H,3-4,6-7,9H2,1-2H3,(H,16,17). The van der Waals surface area contributed by atoms with E-state index in [9.17, 15) is 4.79 Å². The Hall–Kier alpha value is -0.870. The van der Waals surface area contributed by atoms with Crippen LogP contribution in [0.3, 0.4) is 0 Å². The first-order valence-electron chi connectivity index (χ1n) is 6.74. The lowest BCUT2D eigenvalue weighted by atomic mass is 10.2. The number of carbonyl (C=O) groups is 1. The number of rotatable bonds is 7. The minimum Gasteiger partial charge on any atom is -0.353 e. The summed E-state index contributed by atoms with van der Waals surface area (Å²) in [4.78, 5) is 14.2. The van der Waals surface area contributed by atoms with Crippen LogP contribution in [0.25, 0.3) is 0 Å². The molecule has 3 nitrogen and oxygen atoms in total. The van der Waals surface area contributed by atoms with Crippen molar-refractivity contribution in [1.29, 1.82) is 0 Å². The summed E-state index contributed by atoms with van der Waals surface area (Å²) in [6.45, 7) is 5.20. The highest BCUT2D eigenvalue weighted by Gasteiger charge is 2.22. The third-order valence-corrected chi connectivity index (χ3v) is 4.34. The van der Waals surface area contributed by atoms with Crippen molar-refractivity contribution in [3.05, 3.63) is 21.9 Å². The lowest BCUT2D eigenvalue weighted by molar-refractivity contribution is -0.121. The highest BCUT2D eigenvalue weighted by molar-refractivity contribution is 7.12. The van der Waals surface area contributed by atoms with Gasteiger partial charge in [0.2, 0.25) is 5.91 Å². The van der Waals surface area contributed by atoms with Crippen LogP contribution in [0.5, 0.6) is 0 Å². The van der Waals surface area contributed by atoms with Gasteiger partial charge in [-0.1, -0.05) is 0 Å². The molecule has 1 atom stereocenters. The van der Waals surface area contributed by atoms with E-state index in [-0.39, 0.29) is 5.91 Å². The summed E-state index contributed by atoms with van der Waals surface area (Å²) in [5, 5.41) is 6.48. The zero-order valence-electron chi connectivity index (χ0n) is 11.2.